The van der Waals surface area contributed by atoms with Crippen molar-refractivity contribution in [3.63, 3.8) is 0 Å². The number of aryl methyl sites for hydroxylation is 1. The Hall–Kier alpha value is -2.76. The molecule has 0 fully saturated rings. The molecule has 1 aromatic carbocycles. The predicted molar refractivity (Wildman–Crippen MR) is 70.3 cm³/mol. The molecule has 1 aromatic heterocycles. The zero-order chi connectivity index (χ0) is 14.7. The van der Waals surface area contributed by atoms with Crippen LogP contribution in [0.15, 0.2) is 36.5 Å². The number of anilines is 1. The van der Waals surface area contributed by atoms with Gasteiger partial charge in [0, 0.05) is 0 Å². The van der Waals surface area contributed by atoms with Crippen LogP contribution in [0.5, 0.6) is 0 Å². The van der Waals surface area contributed by atoms with Gasteiger partial charge in [-0.15, -0.1) is 0 Å². The van der Waals surface area contributed by atoms with E-state index in [9.17, 15) is 14.0 Å². The first-order valence-corrected chi connectivity index (χ1v) is 5.75. The van der Waals surface area contributed by atoms with Crippen LogP contribution < -0.4 is 5.32 Å². The van der Waals surface area contributed by atoms with Crippen molar-refractivity contribution >= 4 is 17.6 Å². The standard InChI is InChI=1S/C14H11FN2O3/c1-8-3-2-4-10(12(8)15)13(18)17-9-5-6-11(14(19)20)16-7-9/h2-7H,1H3,(H,17,18)(H,19,20). The van der Waals surface area contributed by atoms with Crippen LogP contribution in [0, 0.1) is 12.7 Å². The average molecular weight is 274 g/mol. The molecule has 0 aliphatic rings. The molecule has 6 heteroatoms. The lowest BCUT2D eigenvalue weighted by Gasteiger charge is -2.07. The van der Waals surface area contributed by atoms with Crippen LogP contribution in [-0.4, -0.2) is 22.0 Å². The number of rotatable bonds is 3. The Morgan fingerprint density at radius 3 is 2.60 bits per heavy atom. The Morgan fingerprint density at radius 1 is 1.25 bits per heavy atom. The van der Waals surface area contributed by atoms with Crippen molar-refractivity contribution in [3.8, 4) is 0 Å². The van der Waals surface area contributed by atoms with Gasteiger partial charge in [-0.05, 0) is 30.7 Å². The van der Waals surface area contributed by atoms with Crippen molar-refractivity contribution in [2.45, 2.75) is 6.92 Å². The number of carboxylic acid groups (broad SMARTS) is 1. The Morgan fingerprint density at radius 2 is 2.00 bits per heavy atom. The summed E-state index contributed by atoms with van der Waals surface area (Å²) in [6.45, 7) is 1.56. The van der Waals surface area contributed by atoms with E-state index >= 15 is 0 Å². The zero-order valence-electron chi connectivity index (χ0n) is 10.6. The molecule has 20 heavy (non-hydrogen) atoms. The van der Waals surface area contributed by atoms with Gasteiger partial charge in [0.15, 0.2) is 0 Å². The summed E-state index contributed by atoms with van der Waals surface area (Å²) in [7, 11) is 0. The minimum absolute atomic E-state index is 0.0766. The number of halogens is 1. The molecule has 0 aliphatic heterocycles. The number of nitrogens with one attached hydrogen (secondary N) is 1. The molecular formula is C14H11FN2O3. The molecule has 1 heterocycles. The molecule has 0 radical (unpaired) electrons. The van der Waals surface area contributed by atoms with Crippen LogP contribution in [-0.2, 0) is 0 Å². The van der Waals surface area contributed by atoms with Crippen LogP contribution in [0.2, 0.25) is 0 Å². The number of aromatic carboxylic acids is 1. The second kappa shape index (κ2) is 5.48. The summed E-state index contributed by atoms with van der Waals surface area (Å²) in [5, 5.41) is 11.2. The Bertz CT molecular complexity index is 669. The fourth-order valence-electron chi connectivity index (χ4n) is 1.62. The monoisotopic (exact) mass is 274 g/mol. The highest BCUT2D eigenvalue weighted by Gasteiger charge is 2.13. The molecule has 0 unspecified atom stereocenters. The number of amides is 1. The van der Waals surface area contributed by atoms with Crippen LogP contribution in [0.3, 0.4) is 0 Å². The number of nitrogens with zero attached hydrogens (tertiary/aromatic N) is 1. The molecule has 1 amide bonds. The number of carbonyl (C=O) groups excluding carboxylic acids is 1. The summed E-state index contributed by atoms with van der Waals surface area (Å²) in [6.07, 6.45) is 1.20. The van der Waals surface area contributed by atoms with Gasteiger partial charge in [-0.2, -0.15) is 0 Å². The van der Waals surface area contributed by atoms with Crippen molar-refractivity contribution in [2.24, 2.45) is 0 Å². The quantitative estimate of drug-likeness (QED) is 0.901. The first kappa shape index (κ1) is 13.7. The summed E-state index contributed by atoms with van der Waals surface area (Å²) in [6, 6.07) is 7.16. The maximum atomic E-state index is 13.8. The van der Waals surface area contributed by atoms with Gasteiger partial charge in [-0.25, -0.2) is 14.2 Å². The van der Waals surface area contributed by atoms with Gasteiger partial charge in [0.1, 0.15) is 11.5 Å². The molecule has 5 nitrogen and oxygen atoms in total. The fraction of sp³-hybridized carbons (Fsp3) is 0.0714. The number of hydrogen-bond donors (Lipinski definition) is 2. The molecule has 102 valence electrons. The third-order valence-corrected chi connectivity index (χ3v) is 2.68. The summed E-state index contributed by atoms with van der Waals surface area (Å²) < 4.78 is 13.8. The van der Waals surface area contributed by atoms with Gasteiger partial charge >= 0.3 is 5.97 Å². The molecule has 2 aromatic rings. The molecule has 0 bridgehead atoms. The number of benzene rings is 1. The maximum absolute atomic E-state index is 13.8. The van der Waals surface area contributed by atoms with Crippen molar-refractivity contribution in [2.75, 3.05) is 5.32 Å². The third-order valence-electron chi connectivity index (χ3n) is 2.68. The van der Waals surface area contributed by atoms with E-state index in [0.717, 1.165) is 0 Å². The second-order valence-electron chi connectivity index (χ2n) is 4.13. The largest absolute Gasteiger partial charge is 0.477 e. The van der Waals surface area contributed by atoms with Crippen LogP contribution >= 0.6 is 0 Å². The molecule has 0 atom stereocenters. The lowest BCUT2D eigenvalue weighted by molar-refractivity contribution is 0.0690. The van der Waals surface area contributed by atoms with E-state index in [-0.39, 0.29) is 11.3 Å². The Kier molecular flexibility index (Phi) is 3.74. The van der Waals surface area contributed by atoms with E-state index in [0.29, 0.717) is 11.3 Å². The Balaban J connectivity index is 2.19. The van der Waals surface area contributed by atoms with Crippen molar-refractivity contribution in [1.29, 1.82) is 0 Å². The van der Waals surface area contributed by atoms with Crippen molar-refractivity contribution < 1.29 is 19.1 Å². The normalized spacial score (nSPS) is 10.1. The van der Waals surface area contributed by atoms with Gasteiger partial charge < -0.3 is 10.4 Å². The van der Waals surface area contributed by atoms with Gasteiger partial charge in [0.05, 0.1) is 17.4 Å². The molecule has 2 rings (SSSR count). The first-order valence-electron chi connectivity index (χ1n) is 5.75. The molecular weight excluding hydrogens is 263 g/mol. The van der Waals surface area contributed by atoms with E-state index < -0.39 is 17.7 Å². The molecule has 2 N–H and O–H groups in total. The van der Waals surface area contributed by atoms with Gasteiger partial charge in [-0.1, -0.05) is 12.1 Å². The van der Waals surface area contributed by atoms with E-state index in [1.807, 2.05) is 0 Å². The fourth-order valence-corrected chi connectivity index (χ4v) is 1.62. The summed E-state index contributed by atoms with van der Waals surface area (Å²) in [4.78, 5) is 26.2. The molecule has 0 saturated carbocycles. The van der Waals surface area contributed by atoms with Crippen LogP contribution in [0.25, 0.3) is 0 Å². The van der Waals surface area contributed by atoms with Crippen molar-refractivity contribution in [3.05, 3.63) is 59.2 Å². The van der Waals surface area contributed by atoms with E-state index in [4.69, 9.17) is 5.11 Å². The maximum Gasteiger partial charge on any atom is 0.354 e. The first-order chi connectivity index (χ1) is 9.49. The lowest BCUT2D eigenvalue weighted by Crippen LogP contribution is -2.14. The topological polar surface area (TPSA) is 79.3 Å². The minimum atomic E-state index is -1.16. The smallest absolute Gasteiger partial charge is 0.354 e. The summed E-state index contributed by atoms with van der Waals surface area (Å²) in [5.41, 5.74) is 0.454. The second-order valence-corrected chi connectivity index (χ2v) is 4.13. The number of carbonyl (C=O) groups is 2. The molecule has 0 aliphatic carbocycles. The van der Waals surface area contributed by atoms with Crippen LogP contribution in [0.4, 0.5) is 10.1 Å². The predicted octanol–water partition coefficient (Wildman–Crippen LogP) is 2.48. The zero-order valence-corrected chi connectivity index (χ0v) is 10.6. The van der Waals surface area contributed by atoms with E-state index in [2.05, 4.69) is 10.3 Å². The average Bonchev–Trinajstić information content (AvgIpc) is 2.42. The van der Waals surface area contributed by atoms with Crippen molar-refractivity contribution in [1.82, 2.24) is 4.98 Å². The molecule has 0 saturated heterocycles. The highest BCUT2D eigenvalue weighted by atomic mass is 19.1. The highest BCUT2D eigenvalue weighted by Crippen LogP contribution is 2.14. The minimum Gasteiger partial charge on any atom is -0.477 e. The lowest BCUT2D eigenvalue weighted by atomic mass is 10.1. The van der Waals surface area contributed by atoms with Gasteiger partial charge in [-0.3, -0.25) is 4.79 Å². The summed E-state index contributed by atoms with van der Waals surface area (Å²) >= 11 is 0. The van der Waals surface area contributed by atoms with E-state index in [1.165, 1.54) is 24.4 Å². The van der Waals surface area contributed by atoms with Crippen LogP contribution in [0.1, 0.15) is 26.4 Å². The number of hydrogen-bond acceptors (Lipinski definition) is 3. The number of carboxylic acids is 1. The SMILES string of the molecule is Cc1cccc(C(=O)Nc2ccc(C(=O)O)nc2)c1F. The molecule has 0 spiro atoms. The van der Waals surface area contributed by atoms with Gasteiger partial charge in [0.25, 0.3) is 5.91 Å². The summed E-state index contributed by atoms with van der Waals surface area (Å²) in [5.74, 6) is -2.36. The Labute approximate surface area is 114 Å². The van der Waals surface area contributed by atoms with E-state index in [1.54, 1.807) is 19.1 Å². The number of aromatic nitrogens is 1. The highest BCUT2D eigenvalue weighted by molar-refractivity contribution is 6.04. The number of pyridine rings is 1. The third kappa shape index (κ3) is 2.80. The van der Waals surface area contributed by atoms with Gasteiger partial charge in [0.2, 0.25) is 0 Å².